The maximum Gasteiger partial charge on any atom is 0.461 e. The van der Waals surface area contributed by atoms with Gasteiger partial charge >= 0.3 is 12.1 Å². The van der Waals surface area contributed by atoms with E-state index in [1.165, 1.54) is 38.1 Å². The molecule has 3 nitrogen and oxygen atoms in total. The van der Waals surface area contributed by atoms with E-state index in [1.54, 1.807) is 6.07 Å². The predicted octanol–water partition coefficient (Wildman–Crippen LogP) is 3.21. The summed E-state index contributed by atoms with van der Waals surface area (Å²) in [5, 5.41) is 1.94. The second-order valence-corrected chi connectivity index (χ2v) is 5.00. The lowest BCUT2D eigenvalue weighted by Crippen LogP contribution is -2.56. The first-order valence-electron chi connectivity index (χ1n) is 6.33. The Hall–Kier alpha value is -1.99. The molecular weight excluding hydrogens is 309 g/mol. The van der Waals surface area contributed by atoms with E-state index in [9.17, 15) is 31.5 Å². The number of carbonyl (C=O) groups excluding carboxylic acids is 2. The van der Waals surface area contributed by atoms with Crippen LogP contribution in [-0.2, 0) is 4.79 Å². The molecule has 0 saturated heterocycles. The Labute approximate surface area is 123 Å². The normalized spacial score (nSPS) is 13.8. The number of nitrogens with one attached hydrogen (secondary N) is 1. The van der Waals surface area contributed by atoms with Crippen molar-refractivity contribution in [2.45, 2.75) is 32.0 Å². The number of alkyl halides is 5. The number of Topliss-reactive ketones (excluding diaryl/α,β-unsaturated/α-hetero) is 1. The molecule has 0 saturated carbocycles. The van der Waals surface area contributed by atoms with E-state index < -0.39 is 35.7 Å². The van der Waals surface area contributed by atoms with Crippen LogP contribution in [0.2, 0.25) is 0 Å². The van der Waals surface area contributed by atoms with Gasteiger partial charge in [0.25, 0.3) is 5.91 Å². The Morgan fingerprint density at radius 1 is 1.00 bits per heavy atom. The van der Waals surface area contributed by atoms with Gasteiger partial charge < -0.3 is 5.32 Å². The van der Waals surface area contributed by atoms with Crippen LogP contribution >= 0.6 is 0 Å². The molecule has 1 aromatic carbocycles. The average Bonchev–Trinajstić information content (AvgIpc) is 2.43. The van der Waals surface area contributed by atoms with E-state index in [0.717, 1.165) is 0 Å². The summed E-state index contributed by atoms with van der Waals surface area (Å²) in [6.07, 6.45) is -6.01. The first-order chi connectivity index (χ1) is 9.98. The second-order valence-electron chi connectivity index (χ2n) is 5.00. The van der Waals surface area contributed by atoms with Crippen molar-refractivity contribution in [3.63, 3.8) is 0 Å². The summed E-state index contributed by atoms with van der Waals surface area (Å²) in [7, 11) is 0. The van der Waals surface area contributed by atoms with Crippen molar-refractivity contribution >= 4 is 11.7 Å². The molecule has 0 aromatic heterocycles. The number of carbonyl (C=O) groups is 2. The van der Waals surface area contributed by atoms with Crippen LogP contribution in [0.1, 0.15) is 24.2 Å². The van der Waals surface area contributed by atoms with Crippen LogP contribution in [-0.4, -0.2) is 29.8 Å². The molecule has 1 amide bonds. The molecule has 1 atom stereocenters. The summed E-state index contributed by atoms with van der Waals surface area (Å²) in [4.78, 5) is 23.4. The summed E-state index contributed by atoms with van der Waals surface area (Å²) in [5.41, 5.74) is 0.0521. The molecule has 0 aliphatic rings. The molecule has 0 heterocycles. The van der Waals surface area contributed by atoms with Crippen molar-refractivity contribution < 1.29 is 31.5 Å². The van der Waals surface area contributed by atoms with E-state index in [2.05, 4.69) is 0 Å². The highest BCUT2D eigenvalue weighted by atomic mass is 19.4. The number of benzene rings is 1. The van der Waals surface area contributed by atoms with Gasteiger partial charge in [-0.2, -0.15) is 22.0 Å². The quantitative estimate of drug-likeness (QED) is 0.846. The molecule has 0 fully saturated rings. The summed E-state index contributed by atoms with van der Waals surface area (Å²) in [5.74, 6) is -9.73. The van der Waals surface area contributed by atoms with Crippen LogP contribution in [0.3, 0.4) is 0 Å². The number of amides is 1. The summed E-state index contributed by atoms with van der Waals surface area (Å²) < 4.78 is 63.2. The molecule has 22 heavy (non-hydrogen) atoms. The standard InChI is InChI=1S/C14H14F5NO2/c1-8(2)10(11(21)13(15,16)14(17,18)19)20-12(22)9-6-4-3-5-7-9/h3-8,10H,1-2H3,(H,20,22)/t10-/m0/s1. The lowest BCUT2D eigenvalue weighted by atomic mass is 9.95. The van der Waals surface area contributed by atoms with Gasteiger partial charge in [-0.15, -0.1) is 0 Å². The van der Waals surface area contributed by atoms with E-state index in [4.69, 9.17) is 0 Å². The predicted molar refractivity (Wildman–Crippen MR) is 68.5 cm³/mol. The molecule has 0 aliphatic heterocycles. The lowest BCUT2D eigenvalue weighted by molar-refractivity contribution is -0.269. The molecule has 122 valence electrons. The van der Waals surface area contributed by atoms with Gasteiger partial charge in [-0.3, -0.25) is 9.59 Å². The molecule has 1 aromatic rings. The fraction of sp³-hybridized carbons (Fsp3) is 0.429. The highest BCUT2D eigenvalue weighted by molar-refractivity contribution is 6.00. The molecular formula is C14H14F5NO2. The molecule has 0 spiro atoms. The van der Waals surface area contributed by atoms with Crippen molar-refractivity contribution in [2.75, 3.05) is 0 Å². The zero-order valence-electron chi connectivity index (χ0n) is 11.7. The summed E-state index contributed by atoms with van der Waals surface area (Å²) in [6, 6.07) is 5.32. The SMILES string of the molecule is CC(C)[C@H](NC(=O)c1ccccc1)C(=O)C(F)(F)C(F)(F)F. The zero-order chi connectivity index (χ0) is 17.1. The Balaban J connectivity index is 3.01. The van der Waals surface area contributed by atoms with Crippen molar-refractivity contribution in [1.29, 1.82) is 0 Å². The first-order valence-corrected chi connectivity index (χ1v) is 6.33. The third-order valence-corrected chi connectivity index (χ3v) is 2.94. The van der Waals surface area contributed by atoms with Gasteiger partial charge in [0.15, 0.2) is 0 Å². The third kappa shape index (κ3) is 3.80. The monoisotopic (exact) mass is 323 g/mol. The van der Waals surface area contributed by atoms with E-state index in [-0.39, 0.29) is 5.56 Å². The molecule has 0 aliphatic carbocycles. The fourth-order valence-electron chi connectivity index (χ4n) is 1.68. The maximum atomic E-state index is 13.2. The van der Waals surface area contributed by atoms with Crippen LogP contribution in [0.5, 0.6) is 0 Å². The lowest BCUT2D eigenvalue weighted by Gasteiger charge is -2.26. The van der Waals surface area contributed by atoms with E-state index in [1.807, 2.05) is 5.32 Å². The molecule has 0 unspecified atom stereocenters. The minimum atomic E-state index is -6.01. The van der Waals surface area contributed by atoms with Gasteiger partial charge in [-0.1, -0.05) is 32.0 Å². The van der Waals surface area contributed by atoms with Crippen LogP contribution in [0.15, 0.2) is 30.3 Å². The molecule has 0 bridgehead atoms. The number of halogens is 5. The van der Waals surface area contributed by atoms with Gasteiger partial charge in [-0.05, 0) is 18.1 Å². The van der Waals surface area contributed by atoms with Crippen molar-refractivity contribution in [3.8, 4) is 0 Å². The topological polar surface area (TPSA) is 46.2 Å². The minimum absolute atomic E-state index is 0.0521. The molecule has 1 N–H and O–H groups in total. The Morgan fingerprint density at radius 2 is 1.50 bits per heavy atom. The van der Waals surface area contributed by atoms with Gasteiger partial charge in [0.1, 0.15) is 0 Å². The van der Waals surface area contributed by atoms with Crippen LogP contribution in [0.25, 0.3) is 0 Å². The zero-order valence-corrected chi connectivity index (χ0v) is 11.7. The van der Waals surface area contributed by atoms with E-state index in [0.29, 0.717) is 0 Å². The van der Waals surface area contributed by atoms with Gasteiger partial charge in [0.2, 0.25) is 5.78 Å². The highest BCUT2D eigenvalue weighted by Crippen LogP contribution is 2.37. The average molecular weight is 323 g/mol. The van der Waals surface area contributed by atoms with Crippen molar-refractivity contribution in [2.24, 2.45) is 5.92 Å². The van der Waals surface area contributed by atoms with Crippen molar-refractivity contribution in [1.82, 2.24) is 5.32 Å². The highest BCUT2D eigenvalue weighted by Gasteiger charge is 2.64. The van der Waals surface area contributed by atoms with Gasteiger partial charge in [0.05, 0.1) is 6.04 Å². The van der Waals surface area contributed by atoms with Crippen molar-refractivity contribution in [3.05, 3.63) is 35.9 Å². The summed E-state index contributed by atoms with van der Waals surface area (Å²) >= 11 is 0. The Morgan fingerprint density at radius 3 is 1.91 bits per heavy atom. The Kier molecular flexibility index (Phi) is 5.26. The molecule has 1 rings (SSSR count). The van der Waals surface area contributed by atoms with Crippen LogP contribution in [0.4, 0.5) is 22.0 Å². The summed E-state index contributed by atoms with van der Waals surface area (Å²) in [6.45, 7) is 2.53. The first kappa shape index (κ1) is 18.1. The number of rotatable bonds is 5. The van der Waals surface area contributed by atoms with Crippen LogP contribution < -0.4 is 5.32 Å². The number of hydrogen-bond donors (Lipinski definition) is 1. The molecule has 8 heteroatoms. The smallest absolute Gasteiger partial charge is 0.342 e. The fourth-order valence-corrected chi connectivity index (χ4v) is 1.68. The maximum absolute atomic E-state index is 13.2. The number of ketones is 1. The van der Waals surface area contributed by atoms with E-state index >= 15 is 0 Å². The molecule has 0 radical (unpaired) electrons. The number of hydrogen-bond acceptors (Lipinski definition) is 2. The van der Waals surface area contributed by atoms with Gasteiger partial charge in [-0.25, -0.2) is 0 Å². The minimum Gasteiger partial charge on any atom is -0.342 e. The largest absolute Gasteiger partial charge is 0.461 e. The van der Waals surface area contributed by atoms with Crippen LogP contribution in [0, 0.1) is 5.92 Å². The second kappa shape index (κ2) is 6.41. The van der Waals surface area contributed by atoms with Gasteiger partial charge in [0, 0.05) is 5.56 Å². The third-order valence-electron chi connectivity index (χ3n) is 2.94. The Bertz CT molecular complexity index is 540.